The molecule has 2 aromatic rings. The second kappa shape index (κ2) is 9.02. The summed E-state index contributed by atoms with van der Waals surface area (Å²) in [7, 11) is -0.552. The highest BCUT2D eigenvalue weighted by Gasteiger charge is 2.26. The predicted molar refractivity (Wildman–Crippen MR) is 112 cm³/mol. The summed E-state index contributed by atoms with van der Waals surface area (Å²) < 4.78 is 48.8. The van der Waals surface area contributed by atoms with Crippen molar-refractivity contribution in [2.24, 2.45) is 0 Å². The number of ether oxygens (including phenoxy) is 2. The number of rotatable bonds is 7. The molecule has 1 aromatic heterocycles. The van der Waals surface area contributed by atoms with Gasteiger partial charge in [-0.05, 0) is 18.9 Å². The van der Waals surface area contributed by atoms with Crippen molar-refractivity contribution in [1.29, 1.82) is 0 Å². The molecule has 0 radical (unpaired) electrons. The Labute approximate surface area is 179 Å². The van der Waals surface area contributed by atoms with E-state index in [9.17, 15) is 17.6 Å². The van der Waals surface area contributed by atoms with E-state index in [1.807, 2.05) is 0 Å². The number of nitrogens with one attached hydrogen (secondary N) is 1. The van der Waals surface area contributed by atoms with Crippen molar-refractivity contribution in [3.8, 4) is 11.5 Å². The van der Waals surface area contributed by atoms with Crippen molar-refractivity contribution in [1.82, 2.24) is 14.3 Å². The largest absolute Gasteiger partial charge is 0.496 e. The second-order valence-corrected chi connectivity index (χ2v) is 9.07. The first-order chi connectivity index (χ1) is 14.6. The third-order valence-corrected chi connectivity index (χ3v) is 6.34. The van der Waals surface area contributed by atoms with Crippen LogP contribution in [0.4, 0.5) is 16.2 Å². The number of hydrogen-bond acceptors (Lipinski definition) is 9. The zero-order chi connectivity index (χ0) is 22.8. The van der Waals surface area contributed by atoms with Crippen LogP contribution in [0.2, 0.25) is 0 Å². The fraction of sp³-hybridized carbons (Fsp3) is 0.421. The molecule has 0 atom stereocenters. The molecule has 0 unspecified atom stereocenters. The van der Waals surface area contributed by atoms with E-state index >= 15 is 0 Å². The van der Waals surface area contributed by atoms with Crippen LogP contribution in [0.25, 0.3) is 0 Å². The summed E-state index contributed by atoms with van der Waals surface area (Å²) in [5.74, 6) is -1.09. The Balaban J connectivity index is 1.76. The van der Waals surface area contributed by atoms with Gasteiger partial charge in [-0.2, -0.15) is 4.98 Å². The van der Waals surface area contributed by atoms with Gasteiger partial charge in [0, 0.05) is 31.4 Å². The monoisotopic (exact) mass is 453 g/mol. The van der Waals surface area contributed by atoms with E-state index in [0.717, 1.165) is 6.07 Å². The fourth-order valence-electron chi connectivity index (χ4n) is 3.34. The molecule has 0 aliphatic carbocycles. The van der Waals surface area contributed by atoms with Gasteiger partial charge in [0.15, 0.2) is 11.6 Å². The van der Waals surface area contributed by atoms with E-state index in [1.165, 1.54) is 37.0 Å². The summed E-state index contributed by atoms with van der Waals surface area (Å²) in [5, 5.41) is 3.11. The van der Waals surface area contributed by atoms with E-state index in [4.69, 9.17) is 15.2 Å². The molecule has 1 saturated heterocycles. The molecule has 31 heavy (non-hydrogen) atoms. The van der Waals surface area contributed by atoms with Crippen LogP contribution in [0.15, 0.2) is 18.3 Å². The van der Waals surface area contributed by atoms with Crippen LogP contribution in [0.5, 0.6) is 11.5 Å². The van der Waals surface area contributed by atoms with Gasteiger partial charge in [-0.3, -0.25) is 4.79 Å². The van der Waals surface area contributed by atoms with Crippen LogP contribution in [0.3, 0.4) is 0 Å². The van der Waals surface area contributed by atoms with Gasteiger partial charge in [0.1, 0.15) is 11.6 Å². The Morgan fingerprint density at radius 2 is 1.84 bits per heavy atom. The highest BCUT2D eigenvalue weighted by molar-refractivity contribution is 7.88. The molecule has 0 bridgehead atoms. The topological polar surface area (TPSA) is 137 Å². The van der Waals surface area contributed by atoms with Gasteiger partial charge in [-0.25, -0.2) is 22.1 Å². The van der Waals surface area contributed by atoms with Gasteiger partial charge < -0.3 is 20.5 Å². The summed E-state index contributed by atoms with van der Waals surface area (Å²) in [6.45, 7) is 0.788. The SMILES string of the molecule is COc1cc(OC)c(C(=O)c2cnc(NC3CCN(S(C)(=O)=O)CC3)nc2N)cc1F. The van der Waals surface area contributed by atoms with Crippen LogP contribution in [0.1, 0.15) is 28.8 Å². The molecule has 1 fully saturated rings. The lowest BCUT2D eigenvalue weighted by molar-refractivity contribution is 0.103. The number of nitrogens with two attached hydrogens (primary N) is 1. The summed E-state index contributed by atoms with van der Waals surface area (Å²) >= 11 is 0. The van der Waals surface area contributed by atoms with Gasteiger partial charge in [0.25, 0.3) is 0 Å². The maximum absolute atomic E-state index is 14.1. The Kier molecular flexibility index (Phi) is 6.60. The number of sulfonamides is 1. The first-order valence-electron chi connectivity index (χ1n) is 9.44. The number of hydrogen-bond donors (Lipinski definition) is 2. The van der Waals surface area contributed by atoms with Crippen molar-refractivity contribution in [3.63, 3.8) is 0 Å². The first-order valence-corrected chi connectivity index (χ1v) is 11.3. The average Bonchev–Trinajstić information content (AvgIpc) is 2.73. The van der Waals surface area contributed by atoms with E-state index in [1.54, 1.807) is 0 Å². The Bertz CT molecular complexity index is 1090. The van der Waals surface area contributed by atoms with Crippen molar-refractivity contribution in [3.05, 3.63) is 35.3 Å². The minimum atomic E-state index is -3.21. The molecule has 2 heterocycles. The van der Waals surface area contributed by atoms with Crippen LogP contribution in [0, 0.1) is 5.82 Å². The molecular formula is C19H24FN5O5S. The number of aromatic nitrogens is 2. The molecule has 168 valence electrons. The minimum Gasteiger partial charge on any atom is -0.496 e. The number of piperidine rings is 1. The summed E-state index contributed by atoms with van der Waals surface area (Å²) in [6, 6.07) is 2.26. The third kappa shape index (κ3) is 5.02. The smallest absolute Gasteiger partial charge is 0.224 e. The van der Waals surface area contributed by atoms with Crippen molar-refractivity contribution in [2.45, 2.75) is 18.9 Å². The normalized spacial score (nSPS) is 15.5. The molecule has 3 rings (SSSR count). The highest BCUT2D eigenvalue weighted by atomic mass is 32.2. The average molecular weight is 453 g/mol. The predicted octanol–water partition coefficient (Wildman–Crippen LogP) is 1.28. The van der Waals surface area contributed by atoms with Gasteiger partial charge >= 0.3 is 0 Å². The molecule has 3 N–H and O–H groups in total. The number of methoxy groups -OCH3 is 2. The second-order valence-electron chi connectivity index (χ2n) is 7.09. The zero-order valence-corrected chi connectivity index (χ0v) is 18.2. The van der Waals surface area contributed by atoms with Gasteiger partial charge in [-0.15, -0.1) is 0 Å². The molecule has 1 aliphatic rings. The van der Waals surface area contributed by atoms with Crippen LogP contribution < -0.4 is 20.5 Å². The number of carbonyl (C=O) groups is 1. The maximum Gasteiger partial charge on any atom is 0.224 e. The van der Waals surface area contributed by atoms with E-state index in [0.29, 0.717) is 25.9 Å². The molecule has 0 amide bonds. The Morgan fingerprint density at radius 3 is 2.39 bits per heavy atom. The van der Waals surface area contributed by atoms with E-state index in [-0.39, 0.29) is 40.4 Å². The number of nitrogen functional groups attached to an aromatic ring is 1. The quantitative estimate of drug-likeness (QED) is 0.594. The molecule has 12 heteroatoms. The van der Waals surface area contributed by atoms with Crippen molar-refractivity contribution in [2.75, 3.05) is 44.6 Å². The van der Waals surface area contributed by atoms with Crippen molar-refractivity contribution >= 4 is 27.6 Å². The van der Waals surface area contributed by atoms with Gasteiger partial charge in [-0.1, -0.05) is 0 Å². The highest BCUT2D eigenvalue weighted by Crippen LogP contribution is 2.30. The van der Waals surface area contributed by atoms with E-state index in [2.05, 4.69) is 15.3 Å². The molecule has 10 nitrogen and oxygen atoms in total. The molecule has 0 spiro atoms. The molecule has 1 aliphatic heterocycles. The number of benzene rings is 1. The Hall–Kier alpha value is -2.99. The zero-order valence-electron chi connectivity index (χ0n) is 17.4. The third-order valence-electron chi connectivity index (χ3n) is 5.04. The number of carbonyl (C=O) groups excluding carboxylic acids is 1. The number of nitrogens with zero attached hydrogens (tertiary/aromatic N) is 3. The van der Waals surface area contributed by atoms with Gasteiger partial charge in [0.05, 0.1) is 31.6 Å². The molecule has 1 aromatic carbocycles. The number of anilines is 2. The lowest BCUT2D eigenvalue weighted by atomic mass is 10.0. The van der Waals surface area contributed by atoms with E-state index < -0.39 is 21.6 Å². The van der Waals surface area contributed by atoms with Crippen molar-refractivity contribution < 1.29 is 27.1 Å². The van der Waals surface area contributed by atoms with Crippen LogP contribution in [-0.4, -0.2) is 68.1 Å². The standard InChI is InChI=1S/C19H24FN5O5S/c1-29-15-9-16(30-2)14(20)8-12(15)17(26)13-10-22-19(24-18(13)21)23-11-4-6-25(7-5-11)31(3,27)28/h8-11H,4-7H2,1-3H3,(H3,21,22,23,24). The summed E-state index contributed by atoms with van der Waals surface area (Å²) in [5.41, 5.74) is 5.93. The minimum absolute atomic E-state index is 0.000289. The summed E-state index contributed by atoms with van der Waals surface area (Å²) in [6.07, 6.45) is 3.61. The lowest BCUT2D eigenvalue weighted by Gasteiger charge is -2.30. The molecule has 0 saturated carbocycles. The summed E-state index contributed by atoms with van der Waals surface area (Å²) in [4.78, 5) is 21.2. The molecular weight excluding hydrogens is 429 g/mol. The number of halogens is 1. The van der Waals surface area contributed by atoms with Crippen LogP contribution in [-0.2, 0) is 10.0 Å². The maximum atomic E-state index is 14.1. The van der Waals surface area contributed by atoms with Gasteiger partial charge in [0.2, 0.25) is 21.8 Å². The van der Waals surface area contributed by atoms with Crippen LogP contribution >= 0.6 is 0 Å². The lowest BCUT2D eigenvalue weighted by Crippen LogP contribution is -2.42. The number of ketones is 1. The first kappa shape index (κ1) is 22.7. The fourth-order valence-corrected chi connectivity index (χ4v) is 4.21. The Morgan fingerprint density at radius 1 is 1.19 bits per heavy atom.